The Kier molecular flexibility index (Phi) is 7.00. The molecule has 5 heterocycles. The van der Waals surface area contributed by atoms with Gasteiger partial charge in [-0.05, 0) is 43.5 Å². The van der Waals surface area contributed by atoms with E-state index in [-0.39, 0.29) is 19.2 Å². The van der Waals surface area contributed by atoms with Gasteiger partial charge in [0.2, 0.25) is 0 Å². The van der Waals surface area contributed by atoms with Gasteiger partial charge >= 0.3 is 6.03 Å². The number of ether oxygens (including phenoxy) is 1. The minimum Gasteiger partial charge on any atom is -0.489 e. The Hall–Kier alpha value is -4.76. The number of urea groups is 1. The quantitative estimate of drug-likeness (QED) is 0.375. The van der Waals surface area contributed by atoms with Crippen molar-refractivity contribution < 1.29 is 19.0 Å². The van der Waals surface area contributed by atoms with Gasteiger partial charge in [-0.2, -0.15) is 15.5 Å². The number of nitrogens with zero attached hydrogens (tertiary/aromatic N) is 7. The van der Waals surface area contributed by atoms with Gasteiger partial charge in [0.05, 0.1) is 41.5 Å². The lowest BCUT2D eigenvalue weighted by atomic mass is 9.98. The SMILES string of the molecule is CC(C)(O)COc1cc(C2=CCN(C(=O)NCc3ccc(-n4cc(F)cn4)nc3)CC2)c2c(C#N)cnn2c1. The highest BCUT2D eigenvalue weighted by Gasteiger charge is 2.22. The lowest BCUT2D eigenvalue weighted by molar-refractivity contribution is 0.0283. The third kappa shape index (κ3) is 5.89. The van der Waals surface area contributed by atoms with Gasteiger partial charge in [-0.15, -0.1) is 0 Å². The molecule has 4 aromatic rings. The number of pyridine rings is 2. The van der Waals surface area contributed by atoms with Gasteiger partial charge < -0.3 is 20.1 Å². The van der Waals surface area contributed by atoms with Crippen molar-refractivity contribution in [1.82, 2.24) is 34.6 Å². The molecule has 0 saturated carbocycles. The monoisotopic (exact) mass is 530 g/mol. The van der Waals surface area contributed by atoms with Crippen LogP contribution in [-0.4, -0.2) is 65.7 Å². The summed E-state index contributed by atoms with van der Waals surface area (Å²) in [6, 6.07) is 7.33. The van der Waals surface area contributed by atoms with Crippen LogP contribution in [0.3, 0.4) is 0 Å². The van der Waals surface area contributed by atoms with Crippen molar-refractivity contribution in [3.8, 4) is 17.6 Å². The molecule has 4 aromatic heterocycles. The summed E-state index contributed by atoms with van der Waals surface area (Å²) in [5.74, 6) is 0.549. The molecule has 0 atom stereocenters. The second-order valence-electron chi connectivity index (χ2n) is 9.87. The van der Waals surface area contributed by atoms with E-state index >= 15 is 0 Å². The molecule has 2 amide bonds. The summed E-state index contributed by atoms with van der Waals surface area (Å²) in [6.45, 7) is 4.57. The minimum atomic E-state index is -1.01. The number of halogens is 1. The summed E-state index contributed by atoms with van der Waals surface area (Å²) in [5, 5.41) is 30.7. The number of hydrogen-bond acceptors (Lipinski definition) is 7. The first-order chi connectivity index (χ1) is 18.7. The molecule has 0 aliphatic carbocycles. The van der Waals surface area contributed by atoms with Crippen molar-refractivity contribution in [3.63, 3.8) is 0 Å². The zero-order chi connectivity index (χ0) is 27.6. The van der Waals surface area contributed by atoms with Crippen LogP contribution < -0.4 is 10.1 Å². The molecule has 0 aromatic carbocycles. The van der Waals surface area contributed by atoms with Crippen LogP contribution in [0.1, 0.15) is 37.0 Å². The standard InChI is InChI=1S/C27H27FN8O3/c1-27(2,38)17-39-22-9-23(25-20(10-29)13-32-36(25)16-22)19-5-7-34(8-6-19)26(37)31-12-18-3-4-24(30-11-18)35-15-21(28)14-33-35/h3-5,9,11,13-16,38H,6-8,12,17H2,1-2H3,(H,31,37). The van der Waals surface area contributed by atoms with Gasteiger partial charge in [0.25, 0.3) is 0 Å². The van der Waals surface area contributed by atoms with Gasteiger partial charge in [-0.25, -0.2) is 23.4 Å². The van der Waals surface area contributed by atoms with E-state index in [1.807, 2.05) is 12.1 Å². The fraction of sp³-hybridized carbons (Fsp3) is 0.296. The molecular weight excluding hydrogens is 503 g/mol. The van der Waals surface area contributed by atoms with Crippen LogP contribution in [-0.2, 0) is 6.54 Å². The lowest BCUT2D eigenvalue weighted by Crippen LogP contribution is -2.41. The van der Waals surface area contributed by atoms with Crippen molar-refractivity contribution >= 4 is 17.1 Å². The van der Waals surface area contributed by atoms with E-state index in [0.29, 0.717) is 42.2 Å². The number of fused-ring (bicyclic) bond motifs is 1. The van der Waals surface area contributed by atoms with Crippen molar-refractivity contribution in [2.24, 2.45) is 0 Å². The summed E-state index contributed by atoms with van der Waals surface area (Å²) in [5.41, 5.74) is 2.68. The molecule has 11 nitrogen and oxygen atoms in total. The zero-order valence-electron chi connectivity index (χ0n) is 21.5. The first-order valence-corrected chi connectivity index (χ1v) is 12.3. The topological polar surface area (TPSA) is 134 Å². The second-order valence-corrected chi connectivity index (χ2v) is 9.87. The fourth-order valence-corrected chi connectivity index (χ4v) is 4.23. The van der Waals surface area contributed by atoms with Gasteiger partial charge in [-0.3, -0.25) is 0 Å². The molecule has 12 heteroatoms. The van der Waals surface area contributed by atoms with Gasteiger partial charge in [0.15, 0.2) is 11.6 Å². The van der Waals surface area contributed by atoms with Gasteiger partial charge in [-0.1, -0.05) is 12.1 Å². The van der Waals surface area contributed by atoms with Crippen molar-refractivity contribution in [2.45, 2.75) is 32.4 Å². The average molecular weight is 531 g/mol. The minimum absolute atomic E-state index is 0.0946. The highest BCUT2D eigenvalue weighted by Crippen LogP contribution is 2.31. The Labute approximate surface area is 223 Å². The van der Waals surface area contributed by atoms with Crippen LogP contribution in [0.5, 0.6) is 5.75 Å². The molecule has 1 aliphatic heterocycles. The van der Waals surface area contributed by atoms with Crippen LogP contribution >= 0.6 is 0 Å². The number of hydrogen-bond donors (Lipinski definition) is 2. The van der Waals surface area contributed by atoms with E-state index in [1.54, 1.807) is 47.8 Å². The number of carbonyl (C=O) groups is 1. The van der Waals surface area contributed by atoms with Crippen LogP contribution in [0.25, 0.3) is 16.9 Å². The highest BCUT2D eigenvalue weighted by molar-refractivity contribution is 5.84. The third-order valence-electron chi connectivity index (χ3n) is 6.18. The van der Waals surface area contributed by atoms with Gasteiger partial charge in [0, 0.05) is 31.4 Å². The Balaban J connectivity index is 1.26. The normalized spacial score (nSPS) is 13.7. The molecular formula is C27H27FN8O3. The summed E-state index contributed by atoms with van der Waals surface area (Å²) >= 11 is 0. The Morgan fingerprint density at radius 3 is 2.74 bits per heavy atom. The Morgan fingerprint density at radius 2 is 2.10 bits per heavy atom. The number of carbonyl (C=O) groups excluding carboxylic acids is 1. The Morgan fingerprint density at radius 1 is 1.26 bits per heavy atom. The van der Waals surface area contributed by atoms with Crippen molar-refractivity contribution in [2.75, 3.05) is 19.7 Å². The predicted octanol–water partition coefficient (Wildman–Crippen LogP) is 3.07. The number of nitrogens with one attached hydrogen (secondary N) is 1. The smallest absolute Gasteiger partial charge is 0.317 e. The molecule has 0 fully saturated rings. The van der Waals surface area contributed by atoms with E-state index in [9.17, 15) is 19.6 Å². The molecule has 0 radical (unpaired) electrons. The average Bonchev–Trinajstić information content (AvgIpc) is 3.56. The summed E-state index contributed by atoms with van der Waals surface area (Å²) in [6.07, 6.45) is 9.69. The van der Waals surface area contributed by atoms with E-state index in [0.717, 1.165) is 22.9 Å². The van der Waals surface area contributed by atoms with Crippen LogP contribution in [0.15, 0.2) is 55.3 Å². The maximum absolute atomic E-state index is 13.2. The molecule has 0 bridgehead atoms. The van der Waals surface area contributed by atoms with E-state index in [1.165, 1.54) is 17.1 Å². The maximum Gasteiger partial charge on any atom is 0.317 e. The molecule has 0 unspecified atom stereocenters. The molecule has 39 heavy (non-hydrogen) atoms. The first-order valence-electron chi connectivity index (χ1n) is 12.3. The second kappa shape index (κ2) is 10.5. The molecule has 5 rings (SSSR count). The lowest BCUT2D eigenvalue weighted by Gasteiger charge is -2.27. The fourth-order valence-electron chi connectivity index (χ4n) is 4.23. The van der Waals surface area contributed by atoms with E-state index in [4.69, 9.17) is 4.74 Å². The maximum atomic E-state index is 13.2. The number of aromatic nitrogens is 5. The predicted molar refractivity (Wildman–Crippen MR) is 139 cm³/mol. The van der Waals surface area contributed by atoms with Crippen LogP contribution in [0.4, 0.5) is 9.18 Å². The zero-order valence-corrected chi connectivity index (χ0v) is 21.5. The largest absolute Gasteiger partial charge is 0.489 e. The molecule has 2 N–H and O–H groups in total. The van der Waals surface area contributed by atoms with Crippen molar-refractivity contribution in [3.05, 3.63) is 77.8 Å². The molecule has 200 valence electrons. The number of nitriles is 1. The number of aliphatic hydroxyl groups is 1. The van der Waals surface area contributed by atoms with Gasteiger partial charge in [0.1, 0.15) is 18.4 Å². The van der Waals surface area contributed by atoms with Crippen LogP contribution in [0.2, 0.25) is 0 Å². The first kappa shape index (κ1) is 25.9. The van der Waals surface area contributed by atoms with E-state index < -0.39 is 11.4 Å². The Bertz CT molecular complexity index is 1580. The number of rotatable bonds is 7. The molecule has 0 saturated heterocycles. The molecule has 0 spiro atoms. The molecule has 1 aliphatic rings. The van der Waals surface area contributed by atoms with Crippen LogP contribution in [0, 0.1) is 17.1 Å². The highest BCUT2D eigenvalue weighted by atomic mass is 19.1. The summed E-state index contributed by atoms with van der Waals surface area (Å²) < 4.78 is 21.9. The third-order valence-corrected chi connectivity index (χ3v) is 6.18. The van der Waals surface area contributed by atoms with E-state index in [2.05, 4.69) is 26.6 Å². The number of amides is 2. The summed E-state index contributed by atoms with van der Waals surface area (Å²) in [7, 11) is 0. The van der Waals surface area contributed by atoms with Crippen molar-refractivity contribution in [1.29, 1.82) is 5.26 Å². The summed E-state index contributed by atoms with van der Waals surface area (Å²) in [4.78, 5) is 18.8.